The van der Waals surface area contributed by atoms with Crippen molar-refractivity contribution in [2.24, 2.45) is 0 Å². The maximum Gasteiger partial charge on any atom is 0.306 e. The highest BCUT2D eigenvalue weighted by Crippen LogP contribution is 2.15. The third-order valence-electron chi connectivity index (χ3n) is 12.3. The summed E-state index contributed by atoms with van der Waals surface area (Å²) in [5.74, 6) is -0.962. The van der Waals surface area contributed by atoms with E-state index in [1.54, 1.807) is 0 Å². The third kappa shape index (κ3) is 52.2. The Morgan fingerprint density at radius 3 is 0.969 bits per heavy atom. The predicted octanol–water partition coefficient (Wildman–Crippen LogP) is 18.7. The molecule has 0 bridgehead atoms. The summed E-state index contributed by atoms with van der Waals surface area (Å²) in [6.07, 6.45) is 65.4. The molecule has 0 aromatic rings. The monoisotopic (exact) mass is 911 g/mol. The van der Waals surface area contributed by atoms with E-state index in [9.17, 15) is 14.4 Å². The van der Waals surface area contributed by atoms with Crippen LogP contribution in [0.25, 0.3) is 0 Å². The first-order chi connectivity index (χ1) is 32.0. The minimum atomic E-state index is -0.798. The van der Waals surface area contributed by atoms with Gasteiger partial charge in [0.15, 0.2) is 6.10 Å². The molecule has 1 unspecified atom stereocenters. The molecule has 0 amide bonds. The van der Waals surface area contributed by atoms with Gasteiger partial charge in [0.2, 0.25) is 0 Å². The van der Waals surface area contributed by atoms with E-state index in [0.717, 1.165) is 51.4 Å². The Morgan fingerprint density at radius 1 is 0.308 bits per heavy atom. The molecule has 0 radical (unpaired) electrons. The van der Waals surface area contributed by atoms with Gasteiger partial charge in [0.25, 0.3) is 0 Å². The number of rotatable bonds is 51. The lowest BCUT2D eigenvalue weighted by Crippen LogP contribution is -2.30. The van der Waals surface area contributed by atoms with E-state index >= 15 is 0 Å². The van der Waals surface area contributed by atoms with Crippen molar-refractivity contribution in [2.75, 3.05) is 13.2 Å². The quantitative estimate of drug-likeness (QED) is 0.0262. The first kappa shape index (κ1) is 62.4. The Hall–Kier alpha value is -2.63. The topological polar surface area (TPSA) is 78.9 Å². The molecular formula is C59H106O6. The molecule has 0 aliphatic heterocycles. The number of esters is 3. The van der Waals surface area contributed by atoms with Crippen molar-refractivity contribution < 1.29 is 28.6 Å². The van der Waals surface area contributed by atoms with E-state index in [0.29, 0.717) is 19.3 Å². The van der Waals surface area contributed by atoms with Crippen LogP contribution in [-0.2, 0) is 28.6 Å². The van der Waals surface area contributed by atoms with Gasteiger partial charge in [-0.15, -0.1) is 0 Å². The number of carbonyl (C=O) groups excluding carboxylic acids is 3. The lowest BCUT2D eigenvalue weighted by molar-refractivity contribution is -0.166. The second-order valence-electron chi connectivity index (χ2n) is 18.8. The standard InChI is InChI=1S/C59H106O6/c1-4-7-10-13-16-19-22-25-27-28-29-30-32-34-37-40-43-46-49-52-58(61)64-55-56(54-63-57(60)51-48-45-42-39-36-33-24-21-18-15-12-9-6-3)65-59(62)53-50-47-44-41-38-35-31-26-23-20-17-14-11-8-5-2/h20,23,28-29,33,36,42,45,56H,4-19,21-22,24-27,30-32,34-35,37-41,43-44,46-55H2,1-3H3/b23-20-,29-28-,36-33-,45-42-. The van der Waals surface area contributed by atoms with Crippen LogP contribution in [0.5, 0.6) is 0 Å². The van der Waals surface area contributed by atoms with Crippen molar-refractivity contribution in [3.05, 3.63) is 48.6 Å². The highest BCUT2D eigenvalue weighted by atomic mass is 16.6. The molecule has 6 heteroatoms. The van der Waals surface area contributed by atoms with Gasteiger partial charge in [0.05, 0.1) is 0 Å². The van der Waals surface area contributed by atoms with Crippen LogP contribution in [0, 0.1) is 0 Å². The van der Waals surface area contributed by atoms with Gasteiger partial charge >= 0.3 is 17.9 Å². The second-order valence-corrected chi connectivity index (χ2v) is 18.8. The maximum atomic E-state index is 12.8. The number of carbonyl (C=O) groups is 3. The largest absolute Gasteiger partial charge is 0.462 e. The first-order valence-corrected chi connectivity index (χ1v) is 28.1. The van der Waals surface area contributed by atoms with Crippen molar-refractivity contribution in [1.82, 2.24) is 0 Å². The Balaban J connectivity index is 4.39. The summed E-state index contributed by atoms with van der Waals surface area (Å²) in [7, 11) is 0. The van der Waals surface area contributed by atoms with E-state index in [-0.39, 0.29) is 37.5 Å². The Bertz CT molecular complexity index is 1140. The lowest BCUT2D eigenvalue weighted by Gasteiger charge is -2.18. The number of hydrogen-bond donors (Lipinski definition) is 0. The molecule has 0 N–H and O–H groups in total. The molecule has 0 aliphatic carbocycles. The molecule has 0 saturated carbocycles. The normalized spacial score (nSPS) is 12.4. The van der Waals surface area contributed by atoms with Crippen LogP contribution < -0.4 is 0 Å². The molecule has 0 fully saturated rings. The fraction of sp³-hybridized carbons (Fsp3) is 0.814. The number of unbranched alkanes of at least 4 members (excludes halogenated alkanes) is 32. The van der Waals surface area contributed by atoms with E-state index in [2.05, 4.69) is 63.3 Å². The van der Waals surface area contributed by atoms with Crippen LogP contribution in [0.1, 0.15) is 290 Å². The summed E-state index contributed by atoms with van der Waals surface area (Å²) in [6.45, 7) is 6.58. The van der Waals surface area contributed by atoms with Gasteiger partial charge in [-0.05, 0) is 89.9 Å². The van der Waals surface area contributed by atoms with Crippen LogP contribution in [-0.4, -0.2) is 37.2 Å². The summed E-state index contributed by atoms with van der Waals surface area (Å²) in [4.78, 5) is 38.0. The number of allylic oxidation sites excluding steroid dienone is 8. The fourth-order valence-electron chi connectivity index (χ4n) is 8.01. The third-order valence-corrected chi connectivity index (χ3v) is 12.3. The molecule has 0 spiro atoms. The maximum absolute atomic E-state index is 12.8. The SMILES string of the molecule is CCCCCC/C=C\CCCCCCCCCC(=O)OC(COC(=O)CC/C=C\C/C=C\CCCCCCCC)COC(=O)CCCCCCCCC/C=C\CCCCCCCCCC. The smallest absolute Gasteiger partial charge is 0.306 e. The molecule has 0 rings (SSSR count). The van der Waals surface area contributed by atoms with Crippen molar-refractivity contribution in [3.8, 4) is 0 Å². The molecule has 65 heavy (non-hydrogen) atoms. The predicted molar refractivity (Wildman–Crippen MR) is 279 cm³/mol. The Labute approximate surface area is 403 Å². The summed E-state index contributed by atoms with van der Waals surface area (Å²) < 4.78 is 16.8. The molecule has 378 valence electrons. The van der Waals surface area contributed by atoms with Gasteiger partial charge in [-0.25, -0.2) is 0 Å². The minimum Gasteiger partial charge on any atom is -0.462 e. The van der Waals surface area contributed by atoms with E-state index in [1.165, 1.54) is 193 Å². The highest BCUT2D eigenvalue weighted by Gasteiger charge is 2.19. The average molecular weight is 911 g/mol. The van der Waals surface area contributed by atoms with Crippen molar-refractivity contribution in [3.63, 3.8) is 0 Å². The summed E-state index contributed by atoms with van der Waals surface area (Å²) in [5, 5.41) is 0. The summed E-state index contributed by atoms with van der Waals surface area (Å²) in [5.41, 5.74) is 0. The molecule has 0 aromatic carbocycles. The molecular weight excluding hydrogens is 805 g/mol. The van der Waals surface area contributed by atoms with Crippen LogP contribution in [0.2, 0.25) is 0 Å². The fourth-order valence-corrected chi connectivity index (χ4v) is 8.01. The minimum absolute atomic E-state index is 0.0928. The van der Waals surface area contributed by atoms with Crippen molar-refractivity contribution in [2.45, 2.75) is 297 Å². The van der Waals surface area contributed by atoms with Crippen molar-refractivity contribution >= 4 is 17.9 Å². The zero-order valence-corrected chi connectivity index (χ0v) is 43.3. The van der Waals surface area contributed by atoms with Crippen molar-refractivity contribution in [1.29, 1.82) is 0 Å². The Kier molecular flexibility index (Phi) is 51.8. The molecule has 0 aromatic heterocycles. The van der Waals surface area contributed by atoms with E-state index in [4.69, 9.17) is 14.2 Å². The second kappa shape index (κ2) is 54.0. The van der Waals surface area contributed by atoms with Gasteiger partial charge in [0, 0.05) is 19.3 Å². The molecule has 1 atom stereocenters. The first-order valence-electron chi connectivity index (χ1n) is 28.1. The van der Waals surface area contributed by atoms with Gasteiger partial charge < -0.3 is 14.2 Å². The molecule has 0 aliphatic rings. The van der Waals surface area contributed by atoms with Crippen LogP contribution in [0.15, 0.2) is 48.6 Å². The van der Waals surface area contributed by atoms with Crippen LogP contribution in [0.4, 0.5) is 0 Å². The van der Waals surface area contributed by atoms with Gasteiger partial charge in [0.1, 0.15) is 13.2 Å². The zero-order valence-electron chi connectivity index (χ0n) is 43.3. The van der Waals surface area contributed by atoms with Gasteiger partial charge in [-0.2, -0.15) is 0 Å². The van der Waals surface area contributed by atoms with Gasteiger partial charge in [-0.3, -0.25) is 14.4 Å². The zero-order chi connectivity index (χ0) is 47.2. The highest BCUT2D eigenvalue weighted by molar-refractivity contribution is 5.71. The molecule has 0 saturated heterocycles. The van der Waals surface area contributed by atoms with E-state index < -0.39 is 6.10 Å². The van der Waals surface area contributed by atoms with Crippen LogP contribution in [0.3, 0.4) is 0 Å². The number of hydrogen-bond acceptors (Lipinski definition) is 6. The summed E-state index contributed by atoms with van der Waals surface area (Å²) in [6, 6.07) is 0. The van der Waals surface area contributed by atoms with Gasteiger partial charge in [-0.1, -0.05) is 230 Å². The molecule has 0 heterocycles. The van der Waals surface area contributed by atoms with E-state index in [1.807, 2.05) is 6.08 Å². The average Bonchev–Trinajstić information content (AvgIpc) is 3.30. The molecule has 6 nitrogen and oxygen atoms in total. The lowest BCUT2D eigenvalue weighted by atomic mass is 10.1. The number of ether oxygens (including phenoxy) is 3. The van der Waals surface area contributed by atoms with Crippen LogP contribution >= 0.6 is 0 Å². The Morgan fingerprint density at radius 2 is 0.585 bits per heavy atom. The summed E-state index contributed by atoms with van der Waals surface area (Å²) >= 11 is 0.